The molecule has 0 saturated heterocycles. The summed E-state index contributed by atoms with van der Waals surface area (Å²) in [6.07, 6.45) is 1.55. The number of aromatic nitrogens is 1. The number of rotatable bonds is 4. The third-order valence-corrected chi connectivity index (χ3v) is 4.83. The van der Waals surface area contributed by atoms with Gasteiger partial charge in [-0.05, 0) is 30.7 Å². The molecule has 0 amide bonds. The van der Waals surface area contributed by atoms with Crippen LogP contribution in [-0.2, 0) is 0 Å². The van der Waals surface area contributed by atoms with Crippen LogP contribution in [0.4, 0.5) is 8.78 Å². The van der Waals surface area contributed by atoms with E-state index in [1.165, 1.54) is 31.4 Å². The topological polar surface area (TPSA) is 42.1 Å². The maximum Gasteiger partial charge on any atom is 0.183 e. The Balaban J connectivity index is 2.04. The molecule has 1 atom stereocenters. The van der Waals surface area contributed by atoms with Crippen molar-refractivity contribution in [1.29, 1.82) is 0 Å². The first kappa shape index (κ1) is 16.6. The van der Waals surface area contributed by atoms with Gasteiger partial charge in [-0.2, -0.15) is 0 Å². The number of carbonyl (C=O) groups excluding carboxylic acids is 1. The van der Waals surface area contributed by atoms with Crippen LogP contribution in [0.15, 0.2) is 36.5 Å². The number of H-pyrrole nitrogens is 1. The van der Waals surface area contributed by atoms with Crippen LogP contribution in [0, 0.1) is 18.6 Å². The number of hydrogen-bond donors (Lipinski definition) is 1. The first-order valence-electron chi connectivity index (χ1n) is 7.21. The van der Waals surface area contributed by atoms with Gasteiger partial charge in [0.15, 0.2) is 5.78 Å². The van der Waals surface area contributed by atoms with Crippen molar-refractivity contribution in [2.75, 3.05) is 7.11 Å². The zero-order chi connectivity index (χ0) is 17.4. The van der Waals surface area contributed by atoms with Gasteiger partial charge in [0.2, 0.25) is 0 Å². The summed E-state index contributed by atoms with van der Waals surface area (Å²) >= 11 is 3.35. The average molecular weight is 394 g/mol. The molecule has 1 unspecified atom stereocenters. The number of aryl methyl sites for hydroxylation is 1. The van der Waals surface area contributed by atoms with Crippen LogP contribution in [0.1, 0.15) is 26.3 Å². The number of halogens is 3. The van der Waals surface area contributed by atoms with Crippen molar-refractivity contribution in [3.05, 3.63) is 64.9 Å². The number of alkyl halides is 1. The Morgan fingerprint density at radius 3 is 2.71 bits per heavy atom. The number of fused-ring (bicyclic) bond motifs is 1. The van der Waals surface area contributed by atoms with E-state index in [9.17, 15) is 13.6 Å². The minimum Gasteiger partial charge on any atom is -0.496 e. The standard InChI is InChI=1S/C18H14BrF2NO2/c1-9-5-15-12(7-14(9)21)13(8-22-15)18(23)17(19)11-4-3-10(20)6-16(11)24-2/h3-8,17,22H,1-2H3. The van der Waals surface area contributed by atoms with Gasteiger partial charge in [-0.1, -0.05) is 22.0 Å². The van der Waals surface area contributed by atoms with Crippen LogP contribution in [-0.4, -0.2) is 17.9 Å². The second kappa shape index (κ2) is 6.36. The van der Waals surface area contributed by atoms with Gasteiger partial charge in [0.05, 0.1) is 7.11 Å². The summed E-state index contributed by atoms with van der Waals surface area (Å²) in [4.78, 5) is 15.1. The summed E-state index contributed by atoms with van der Waals surface area (Å²) in [6.45, 7) is 1.66. The molecule has 0 aliphatic heterocycles. The third-order valence-electron chi connectivity index (χ3n) is 3.93. The van der Waals surface area contributed by atoms with Crippen molar-refractivity contribution in [3.8, 4) is 5.75 Å². The molecule has 1 aromatic heterocycles. The van der Waals surface area contributed by atoms with Crippen LogP contribution >= 0.6 is 15.9 Å². The predicted molar refractivity (Wildman–Crippen MR) is 91.9 cm³/mol. The van der Waals surface area contributed by atoms with E-state index in [4.69, 9.17) is 4.74 Å². The largest absolute Gasteiger partial charge is 0.496 e. The molecule has 0 fully saturated rings. The van der Waals surface area contributed by atoms with Gasteiger partial charge in [0.1, 0.15) is 22.2 Å². The van der Waals surface area contributed by atoms with E-state index < -0.39 is 10.6 Å². The lowest BCUT2D eigenvalue weighted by atomic mass is 10.0. The number of hydrogen-bond acceptors (Lipinski definition) is 2. The van der Waals surface area contributed by atoms with E-state index in [0.29, 0.717) is 27.6 Å². The number of nitrogens with one attached hydrogen (secondary N) is 1. The SMILES string of the molecule is COc1cc(F)ccc1C(Br)C(=O)c1c[nH]c2cc(C)c(F)cc12. The van der Waals surface area contributed by atoms with Crippen molar-refractivity contribution >= 4 is 32.6 Å². The van der Waals surface area contributed by atoms with Crippen molar-refractivity contribution in [1.82, 2.24) is 4.98 Å². The van der Waals surface area contributed by atoms with Crippen molar-refractivity contribution in [2.45, 2.75) is 11.8 Å². The summed E-state index contributed by atoms with van der Waals surface area (Å²) in [5.41, 5.74) is 2.05. The van der Waals surface area contributed by atoms with E-state index in [1.807, 2.05) is 0 Å². The monoisotopic (exact) mass is 393 g/mol. The van der Waals surface area contributed by atoms with Crippen LogP contribution < -0.4 is 4.74 Å². The second-order valence-corrected chi connectivity index (χ2v) is 6.38. The molecule has 3 rings (SSSR count). The number of methoxy groups -OCH3 is 1. The van der Waals surface area contributed by atoms with Crippen LogP contribution in [0.5, 0.6) is 5.75 Å². The maximum atomic E-state index is 13.9. The third kappa shape index (κ3) is 2.82. The number of benzene rings is 2. The van der Waals surface area contributed by atoms with Gasteiger partial charge in [0.25, 0.3) is 0 Å². The number of carbonyl (C=O) groups is 1. The van der Waals surface area contributed by atoms with Crippen LogP contribution in [0.2, 0.25) is 0 Å². The summed E-state index contributed by atoms with van der Waals surface area (Å²) in [5.74, 6) is -0.824. The van der Waals surface area contributed by atoms with Gasteiger partial charge >= 0.3 is 0 Å². The zero-order valence-electron chi connectivity index (χ0n) is 13.0. The number of Topliss-reactive ketones (excluding diaryl/α,β-unsaturated/α-hetero) is 1. The van der Waals surface area contributed by atoms with Crippen molar-refractivity contribution < 1.29 is 18.3 Å². The molecule has 24 heavy (non-hydrogen) atoms. The smallest absolute Gasteiger partial charge is 0.183 e. The highest BCUT2D eigenvalue weighted by molar-refractivity contribution is 9.09. The van der Waals surface area contributed by atoms with Gasteiger partial charge in [-0.15, -0.1) is 0 Å². The van der Waals surface area contributed by atoms with E-state index in [1.54, 1.807) is 19.2 Å². The lowest BCUT2D eigenvalue weighted by Gasteiger charge is -2.13. The quantitative estimate of drug-likeness (QED) is 0.495. The predicted octanol–water partition coefficient (Wildman–Crippen LogP) is 5.08. The molecule has 0 saturated carbocycles. The minimum absolute atomic E-state index is 0.269. The molecule has 2 aromatic carbocycles. The molecule has 0 bridgehead atoms. The Morgan fingerprint density at radius 2 is 2.00 bits per heavy atom. The Hall–Kier alpha value is -2.21. The fraction of sp³-hybridized carbons (Fsp3) is 0.167. The highest BCUT2D eigenvalue weighted by Gasteiger charge is 2.25. The molecule has 3 aromatic rings. The zero-order valence-corrected chi connectivity index (χ0v) is 14.6. The second-order valence-electron chi connectivity index (χ2n) is 5.46. The molecule has 0 spiro atoms. The van der Waals surface area contributed by atoms with Gasteiger partial charge < -0.3 is 9.72 Å². The molecule has 3 nitrogen and oxygen atoms in total. The molecular formula is C18H14BrF2NO2. The molecule has 0 aliphatic rings. The first-order chi connectivity index (χ1) is 11.4. The molecule has 0 radical (unpaired) electrons. The Morgan fingerprint density at radius 1 is 1.25 bits per heavy atom. The van der Waals surface area contributed by atoms with E-state index in [2.05, 4.69) is 20.9 Å². The molecular weight excluding hydrogens is 380 g/mol. The maximum absolute atomic E-state index is 13.9. The lowest BCUT2D eigenvalue weighted by molar-refractivity contribution is 0.0992. The lowest BCUT2D eigenvalue weighted by Crippen LogP contribution is -2.08. The van der Waals surface area contributed by atoms with Crippen LogP contribution in [0.25, 0.3) is 10.9 Å². The summed E-state index contributed by atoms with van der Waals surface area (Å²) < 4.78 is 32.3. The van der Waals surface area contributed by atoms with E-state index in [0.717, 1.165) is 0 Å². The summed E-state index contributed by atoms with van der Waals surface area (Å²) in [6, 6.07) is 6.97. The average Bonchev–Trinajstić information content (AvgIpc) is 2.96. The Kier molecular flexibility index (Phi) is 4.41. The highest BCUT2D eigenvalue weighted by Crippen LogP contribution is 2.36. The summed E-state index contributed by atoms with van der Waals surface area (Å²) in [7, 11) is 1.41. The van der Waals surface area contributed by atoms with Crippen LogP contribution in [0.3, 0.4) is 0 Å². The van der Waals surface area contributed by atoms with Crippen molar-refractivity contribution in [3.63, 3.8) is 0 Å². The van der Waals surface area contributed by atoms with Gasteiger partial charge in [-0.3, -0.25) is 4.79 Å². The number of ether oxygens (including phenoxy) is 1. The molecule has 0 aliphatic carbocycles. The molecule has 1 heterocycles. The number of ketones is 1. The normalized spacial score (nSPS) is 12.4. The molecule has 6 heteroatoms. The Bertz CT molecular complexity index is 936. The first-order valence-corrected chi connectivity index (χ1v) is 8.13. The van der Waals surface area contributed by atoms with E-state index >= 15 is 0 Å². The van der Waals surface area contributed by atoms with Crippen molar-refractivity contribution in [2.24, 2.45) is 0 Å². The van der Waals surface area contributed by atoms with Gasteiger partial charge in [0, 0.05) is 34.3 Å². The van der Waals surface area contributed by atoms with Gasteiger partial charge in [-0.25, -0.2) is 8.78 Å². The highest BCUT2D eigenvalue weighted by atomic mass is 79.9. The summed E-state index contributed by atoms with van der Waals surface area (Å²) in [5, 5.41) is 0.508. The molecule has 1 N–H and O–H groups in total. The van der Waals surface area contributed by atoms with E-state index in [-0.39, 0.29) is 17.3 Å². The Labute approximate surface area is 145 Å². The minimum atomic E-state index is -0.739. The fourth-order valence-electron chi connectivity index (χ4n) is 2.63. The number of aromatic amines is 1. The molecule has 124 valence electrons. The fourth-order valence-corrected chi connectivity index (χ4v) is 3.25.